The highest BCUT2D eigenvalue weighted by molar-refractivity contribution is 5.97. The van der Waals surface area contributed by atoms with Crippen LogP contribution in [-0.4, -0.2) is 65.1 Å². The van der Waals surface area contributed by atoms with Crippen molar-refractivity contribution in [2.75, 3.05) is 43.9 Å². The van der Waals surface area contributed by atoms with Crippen molar-refractivity contribution in [1.82, 2.24) is 14.3 Å². The van der Waals surface area contributed by atoms with E-state index in [1.807, 2.05) is 6.07 Å². The number of carboxylic acid groups (broad SMARTS) is 1. The molecule has 41 heavy (non-hydrogen) atoms. The van der Waals surface area contributed by atoms with E-state index in [9.17, 15) is 19.1 Å². The molecule has 4 aromatic rings. The highest BCUT2D eigenvalue weighted by Gasteiger charge is 2.43. The summed E-state index contributed by atoms with van der Waals surface area (Å²) in [6.45, 7) is 4.33. The van der Waals surface area contributed by atoms with E-state index in [4.69, 9.17) is 4.98 Å². The van der Waals surface area contributed by atoms with Crippen molar-refractivity contribution >= 4 is 22.9 Å². The van der Waals surface area contributed by atoms with Gasteiger partial charge in [-0.2, -0.15) is 0 Å². The van der Waals surface area contributed by atoms with Crippen LogP contribution in [0.15, 0.2) is 41.5 Å². The maximum Gasteiger partial charge on any atom is 0.341 e. The summed E-state index contributed by atoms with van der Waals surface area (Å²) >= 11 is 0. The molecule has 3 aromatic heterocycles. The Morgan fingerprint density at radius 2 is 1.98 bits per heavy atom. The number of likely N-dealkylation sites (tertiary alicyclic amines) is 1. The van der Waals surface area contributed by atoms with Crippen molar-refractivity contribution in [3.8, 4) is 22.3 Å². The van der Waals surface area contributed by atoms with Gasteiger partial charge in [-0.25, -0.2) is 13.6 Å². The Balaban J connectivity index is 1.52. The van der Waals surface area contributed by atoms with Crippen molar-refractivity contribution in [2.45, 2.75) is 25.8 Å². The van der Waals surface area contributed by atoms with Crippen LogP contribution >= 0.6 is 0 Å². The van der Waals surface area contributed by atoms with Crippen molar-refractivity contribution in [3.05, 3.63) is 81.0 Å². The molecule has 0 bridgehead atoms. The number of fused-ring (bicyclic) bond motifs is 5. The van der Waals surface area contributed by atoms with Crippen LogP contribution in [0.3, 0.4) is 0 Å². The summed E-state index contributed by atoms with van der Waals surface area (Å²) in [7, 11) is 3.78. The molecule has 2 aliphatic heterocycles. The molecule has 210 valence electrons. The van der Waals surface area contributed by atoms with Crippen LogP contribution in [0.25, 0.3) is 27.8 Å². The van der Waals surface area contributed by atoms with Gasteiger partial charge in [0.15, 0.2) is 11.6 Å². The third-order valence-corrected chi connectivity index (χ3v) is 9.04. The van der Waals surface area contributed by atoms with Gasteiger partial charge in [-0.15, -0.1) is 0 Å². The van der Waals surface area contributed by atoms with Gasteiger partial charge in [0.25, 0.3) is 5.56 Å². The van der Waals surface area contributed by atoms with Crippen LogP contribution in [0.5, 0.6) is 0 Å². The number of aromatic nitrogens is 2. The quantitative estimate of drug-likeness (QED) is 0.339. The standard InChI is InChI=1S/C31H29F2N5O3/c1-15-8-19(31(40)41)30(39)38-13-16(4-5-24(15)38)20-11-35-23-9-18-22(34-2)10-21(32)28(33)26(18)27(23)29(20)37-7-6-17-12-36(3)14-25(17)37/h4-5,8,10-11,13,17,25,34H,6-7,9,12,14H2,1-3H3,(H,40,41)/t17-,25?/m0/s1. The number of nitrogens with zero attached hydrogens (tertiary/aromatic N) is 4. The van der Waals surface area contributed by atoms with Gasteiger partial charge in [0.2, 0.25) is 0 Å². The Morgan fingerprint density at radius 1 is 1.17 bits per heavy atom. The lowest BCUT2D eigenvalue weighted by Crippen LogP contribution is -2.35. The lowest BCUT2D eigenvalue weighted by atomic mass is 9.96. The fourth-order valence-corrected chi connectivity index (χ4v) is 7.18. The number of likely N-dealkylation sites (N-methyl/N-ethyl adjacent to an activating group) is 1. The minimum Gasteiger partial charge on any atom is -0.477 e. The van der Waals surface area contributed by atoms with E-state index in [0.717, 1.165) is 31.7 Å². The number of pyridine rings is 3. The first-order valence-electron chi connectivity index (χ1n) is 13.7. The minimum atomic E-state index is -1.29. The number of carboxylic acids is 1. The van der Waals surface area contributed by atoms with Gasteiger partial charge in [-0.3, -0.25) is 14.2 Å². The van der Waals surface area contributed by atoms with Gasteiger partial charge >= 0.3 is 5.97 Å². The number of nitrogens with one attached hydrogen (secondary N) is 1. The van der Waals surface area contributed by atoms with Gasteiger partial charge < -0.3 is 20.2 Å². The van der Waals surface area contributed by atoms with Crippen LogP contribution in [0, 0.1) is 24.5 Å². The van der Waals surface area contributed by atoms with Crippen LogP contribution in [-0.2, 0) is 6.42 Å². The molecule has 10 heteroatoms. The summed E-state index contributed by atoms with van der Waals surface area (Å²) in [6.07, 6.45) is 4.73. The van der Waals surface area contributed by atoms with Gasteiger partial charge in [0, 0.05) is 85.5 Å². The zero-order valence-corrected chi connectivity index (χ0v) is 23.0. The molecule has 0 amide bonds. The summed E-state index contributed by atoms with van der Waals surface area (Å²) in [5, 5.41) is 12.6. The van der Waals surface area contributed by atoms with Crippen molar-refractivity contribution in [1.29, 1.82) is 0 Å². The molecule has 2 N–H and O–H groups in total. The minimum absolute atomic E-state index is 0.193. The van der Waals surface area contributed by atoms with Crippen molar-refractivity contribution in [2.24, 2.45) is 5.92 Å². The molecule has 3 aliphatic rings. The zero-order chi connectivity index (χ0) is 28.7. The molecule has 2 saturated heterocycles. The molecular weight excluding hydrogens is 528 g/mol. The number of benzene rings is 1. The van der Waals surface area contributed by atoms with Crippen LogP contribution in [0.2, 0.25) is 0 Å². The molecule has 2 atom stereocenters. The Hall–Kier alpha value is -4.31. The summed E-state index contributed by atoms with van der Waals surface area (Å²) in [6, 6.07) is 6.43. The number of halogens is 2. The van der Waals surface area contributed by atoms with E-state index in [0.29, 0.717) is 57.1 Å². The summed E-state index contributed by atoms with van der Waals surface area (Å²) in [5.74, 6) is -2.66. The Bertz CT molecular complexity index is 1850. The number of aromatic carboxylic acids is 1. The van der Waals surface area contributed by atoms with Gasteiger partial charge in [-0.05, 0) is 49.6 Å². The Morgan fingerprint density at radius 3 is 2.73 bits per heavy atom. The Labute approximate surface area is 234 Å². The smallest absolute Gasteiger partial charge is 0.341 e. The maximum absolute atomic E-state index is 15.7. The van der Waals surface area contributed by atoms with E-state index in [1.54, 1.807) is 32.4 Å². The molecule has 2 fully saturated rings. The summed E-state index contributed by atoms with van der Waals surface area (Å²) in [5.41, 5.74) is 5.10. The van der Waals surface area contributed by atoms with E-state index in [-0.39, 0.29) is 17.2 Å². The molecule has 1 unspecified atom stereocenters. The maximum atomic E-state index is 15.7. The second-order valence-corrected chi connectivity index (χ2v) is 11.4. The molecule has 1 aliphatic carbocycles. The predicted octanol–water partition coefficient (Wildman–Crippen LogP) is 4.40. The molecule has 8 nitrogen and oxygen atoms in total. The summed E-state index contributed by atoms with van der Waals surface area (Å²) in [4.78, 5) is 34.3. The number of carbonyl (C=O) groups is 1. The second-order valence-electron chi connectivity index (χ2n) is 11.4. The first-order chi connectivity index (χ1) is 19.7. The lowest BCUT2D eigenvalue weighted by molar-refractivity contribution is 0.0694. The van der Waals surface area contributed by atoms with Gasteiger partial charge in [0.1, 0.15) is 5.56 Å². The van der Waals surface area contributed by atoms with Crippen LogP contribution in [0.1, 0.15) is 33.6 Å². The zero-order valence-electron chi connectivity index (χ0n) is 23.0. The average Bonchev–Trinajstić information content (AvgIpc) is 3.64. The van der Waals surface area contributed by atoms with Gasteiger partial charge in [-0.1, -0.05) is 6.07 Å². The molecule has 0 radical (unpaired) electrons. The second kappa shape index (κ2) is 9.10. The first kappa shape index (κ1) is 25.6. The van der Waals surface area contributed by atoms with E-state index in [2.05, 4.69) is 22.2 Å². The van der Waals surface area contributed by atoms with Crippen LogP contribution in [0.4, 0.5) is 20.2 Å². The van der Waals surface area contributed by atoms with E-state index >= 15 is 4.39 Å². The number of anilines is 2. The third-order valence-electron chi connectivity index (χ3n) is 9.04. The van der Waals surface area contributed by atoms with Gasteiger partial charge in [0.05, 0.1) is 16.9 Å². The van der Waals surface area contributed by atoms with Crippen LogP contribution < -0.4 is 15.8 Å². The fraction of sp³-hybridized carbons (Fsp3) is 0.323. The molecule has 0 spiro atoms. The molecule has 1 aromatic carbocycles. The van der Waals surface area contributed by atoms with Crippen molar-refractivity contribution < 1.29 is 18.7 Å². The highest BCUT2D eigenvalue weighted by atomic mass is 19.2. The number of hydrogen-bond donors (Lipinski definition) is 2. The van der Waals surface area contributed by atoms with Crippen molar-refractivity contribution in [3.63, 3.8) is 0 Å². The highest BCUT2D eigenvalue weighted by Crippen LogP contribution is 2.52. The third kappa shape index (κ3) is 3.70. The molecule has 7 rings (SSSR count). The normalized spacial score (nSPS) is 19.5. The molecular formula is C31H29F2N5O3. The SMILES string of the molecule is CNc1cc(F)c(F)c2c1Cc1ncc(-c3ccc4c(C)cc(C(=O)O)c(=O)n4c3)c(N3CC[C@H]4CN(C)CC43)c1-2. The predicted molar refractivity (Wildman–Crippen MR) is 153 cm³/mol. The monoisotopic (exact) mass is 557 g/mol. The molecule has 0 saturated carbocycles. The largest absolute Gasteiger partial charge is 0.477 e. The van der Waals surface area contributed by atoms with E-state index < -0.39 is 23.2 Å². The number of aryl methyl sites for hydroxylation is 1. The topological polar surface area (TPSA) is 90.2 Å². The Kier molecular flexibility index (Phi) is 5.69. The molecule has 5 heterocycles. The fourth-order valence-electron chi connectivity index (χ4n) is 7.18. The number of rotatable bonds is 4. The lowest BCUT2D eigenvalue weighted by Gasteiger charge is -2.31. The number of hydrogen-bond acceptors (Lipinski definition) is 6. The first-order valence-corrected chi connectivity index (χ1v) is 13.7. The van der Waals surface area contributed by atoms with E-state index in [1.165, 1.54) is 16.5 Å². The summed E-state index contributed by atoms with van der Waals surface area (Å²) < 4.78 is 32.0. The average molecular weight is 558 g/mol.